The molecule has 2 aromatic rings. The number of likely N-dealkylation sites (tertiary alicyclic amines) is 1. The number of nitrogens with zero attached hydrogens (tertiary/aromatic N) is 2. The lowest BCUT2D eigenvalue weighted by molar-refractivity contribution is -0.143. The number of ether oxygens (including phenoxy) is 3. The Bertz CT molecular complexity index is 1560. The van der Waals surface area contributed by atoms with Crippen molar-refractivity contribution >= 4 is 11.9 Å². The maximum Gasteiger partial charge on any atom is 0.416 e. The van der Waals surface area contributed by atoms with Crippen molar-refractivity contribution < 1.29 is 37.0 Å². The van der Waals surface area contributed by atoms with Gasteiger partial charge in [0, 0.05) is 54.9 Å². The maximum atomic E-state index is 13.4. The number of piperidine rings is 1. The lowest BCUT2D eigenvalue weighted by atomic mass is 9.51. The molecule has 1 saturated heterocycles. The van der Waals surface area contributed by atoms with Gasteiger partial charge in [-0.25, -0.2) is 0 Å². The van der Waals surface area contributed by atoms with Crippen LogP contribution in [-0.4, -0.2) is 73.2 Å². The van der Waals surface area contributed by atoms with Crippen molar-refractivity contribution in [2.24, 2.45) is 11.8 Å². The van der Waals surface area contributed by atoms with Gasteiger partial charge in [0.15, 0.2) is 11.5 Å². The molecule has 0 aromatic heterocycles. The Morgan fingerprint density at radius 3 is 2.64 bits per heavy atom. The first-order chi connectivity index (χ1) is 21.0. The Kier molecular flexibility index (Phi) is 6.89. The molecule has 2 saturated carbocycles. The van der Waals surface area contributed by atoms with E-state index in [0.717, 1.165) is 63.1 Å². The second kappa shape index (κ2) is 10.4. The number of hydrogen-bond donors (Lipinski definition) is 0. The van der Waals surface area contributed by atoms with Crippen LogP contribution in [0.15, 0.2) is 36.4 Å². The molecule has 3 fully saturated rings. The zero-order valence-corrected chi connectivity index (χ0v) is 24.9. The molecule has 2 unspecified atom stereocenters. The van der Waals surface area contributed by atoms with Gasteiger partial charge in [0.05, 0.1) is 18.7 Å². The second-order valence-electron chi connectivity index (χ2n) is 12.9. The number of amides is 1. The predicted octanol–water partition coefficient (Wildman–Crippen LogP) is 4.58. The van der Waals surface area contributed by atoms with Crippen LogP contribution in [0.3, 0.4) is 0 Å². The third-order valence-electron chi connectivity index (χ3n) is 10.6. The highest BCUT2D eigenvalue weighted by Gasteiger charge is 2.66. The van der Waals surface area contributed by atoms with Crippen LogP contribution in [0.1, 0.15) is 54.9 Å². The fourth-order valence-corrected chi connectivity index (χ4v) is 8.55. The number of carbonyl (C=O) groups is 2. The molecule has 5 aliphatic rings. The molecule has 0 radical (unpaired) electrons. The normalized spacial score (nSPS) is 31.1. The van der Waals surface area contributed by atoms with E-state index in [1.54, 1.807) is 19.1 Å². The van der Waals surface area contributed by atoms with Gasteiger partial charge >= 0.3 is 12.1 Å². The van der Waals surface area contributed by atoms with Crippen molar-refractivity contribution in [3.05, 3.63) is 58.7 Å². The van der Waals surface area contributed by atoms with Crippen molar-refractivity contribution in [3.63, 3.8) is 0 Å². The van der Waals surface area contributed by atoms with Gasteiger partial charge in [-0.1, -0.05) is 12.0 Å². The molecule has 7 atom stereocenters. The Balaban J connectivity index is 1.16. The number of benzene rings is 2. The van der Waals surface area contributed by atoms with Crippen LogP contribution in [-0.2, 0) is 32.3 Å². The van der Waals surface area contributed by atoms with E-state index >= 15 is 0 Å². The summed E-state index contributed by atoms with van der Waals surface area (Å²) in [6.45, 7) is 3.25. The summed E-state index contributed by atoms with van der Waals surface area (Å²) in [4.78, 5) is 29.1. The molecule has 2 aromatic carbocycles. The Labute approximate surface area is 254 Å². The summed E-state index contributed by atoms with van der Waals surface area (Å²) in [6, 6.07) is 8.73. The SMILES string of the molecule is COc1ccc2c3c1O[C@H]1[C@H](N(C)C(=O)C#Cc4ccc(C(F)(F)F)cc4)CC[C@H]4[C@@H](C2)N(CC2CC2OC(C)=O)CC[C@@]341. The summed E-state index contributed by atoms with van der Waals surface area (Å²) in [5.41, 5.74) is 1.81. The van der Waals surface area contributed by atoms with Crippen LogP contribution >= 0.6 is 0 Å². The number of rotatable bonds is 5. The first-order valence-corrected chi connectivity index (χ1v) is 15.3. The van der Waals surface area contributed by atoms with E-state index in [9.17, 15) is 22.8 Å². The second-order valence-corrected chi connectivity index (χ2v) is 12.9. The lowest BCUT2D eigenvalue weighted by Crippen LogP contribution is -2.69. The predicted molar refractivity (Wildman–Crippen MR) is 154 cm³/mol. The van der Waals surface area contributed by atoms with E-state index in [1.165, 1.54) is 30.2 Å². The highest BCUT2D eigenvalue weighted by molar-refractivity contribution is 5.94. The monoisotopic (exact) mass is 608 g/mol. The number of esters is 1. The van der Waals surface area contributed by atoms with E-state index in [-0.39, 0.29) is 29.6 Å². The van der Waals surface area contributed by atoms with Crippen LogP contribution in [0.25, 0.3) is 0 Å². The van der Waals surface area contributed by atoms with Crippen molar-refractivity contribution in [2.45, 2.75) is 74.9 Å². The van der Waals surface area contributed by atoms with Crippen LogP contribution in [0.5, 0.6) is 11.5 Å². The summed E-state index contributed by atoms with van der Waals surface area (Å²) in [5, 5.41) is 0. The molecule has 2 heterocycles. The number of halogens is 3. The van der Waals surface area contributed by atoms with Crippen LogP contribution < -0.4 is 9.47 Å². The molecular weight excluding hydrogens is 573 g/mol. The standard InChI is InChI=1S/C34H35F3N2O5/c1-19(40)43-28-17-22(28)18-39-15-14-33-24-10-11-25(32(33)44-31-27(42-3)12-7-21(30(31)33)16-26(24)39)38(2)29(41)13-6-20-4-8-23(9-5-20)34(35,36)37/h4-5,7-9,12,22,24-26,28,32H,10-11,14-18H2,1-3H3/t22?,24-,25+,26+,28?,32-,33-/m0/s1. The summed E-state index contributed by atoms with van der Waals surface area (Å²) in [7, 11) is 3.39. The lowest BCUT2D eigenvalue weighted by Gasteiger charge is -2.60. The first-order valence-electron chi connectivity index (χ1n) is 15.3. The summed E-state index contributed by atoms with van der Waals surface area (Å²) >= 11 is 0. The summed E-state index contributed by atoms with van der Waals surface area (Å²) < 4.78 is 56.9. The van der Waals surface area contributed by atoms with Gasteiger partial charge in [0.1, 0.15) is 12.2 Å². The number of carbonyl (C=O) groups excluding carboxylic acids is 2. The summed E-state index contributed by atoms with van der Waals surface area (Å²) in [6.07, 6.45) is -0.319. The fourth-order valence-electron chi connectivity index (χ4n) is 8.55. The Morgan fingerprint density at radius 2 is 1.93 bits per heavy atom. The molecule has 10 heteroatoms. The zero-order valence-electron chi connectivity index (χ0n) is 24.9. The molecular formula is C34H35F3N2O5. The molecule has 7 rings (SSSR count). The highest BCUT2D eigenvalue weighted by atomic mass is 19.4. The van der Waals surface area contributed by atoms with Crippen molar-refractivity contribution in [1.82, 2.24) is 9.80 Å². The van der Waals surface area contributed by atoms with E-state index < -0.39 is 17.6 Å². The molecule has 2 bridgehead atoms. The average molecular weight is 609 g/mol. The van der Waals surface area contributed by atoms with Crippen molar-refractivity contribution in [1.29, 1.82) is 0 Å². The molecule has 3 aliphatic carbocycles. The number of hydrogen-bond acceptors (Lipinski definition) is 6. The third kappa shape index (κ3) is 4.63. The third-order valence-corrected chi connectivity index (χ3v) is 10.6. The smallest absolute Gasteiger partial charge is 0.416 e. The minimum absolute atomic E-state index is 0.0109. The van der Waals surface area contributed by atoms with E-state index in [4.69, 9.17) is 14.2 Å². The van der Waals surface area contributed by atoms with Gasteiger partial charge in [-0.15, -0.1) is 0 Å². The highest BCUT2D eigenvalue weighted by Crippen LogP contribution is 2.64. The first kappa shape index (κ1) is 29.0. The van der Waals surface area contributed by atoms with Crippen LogP contribution in [0.4, 0.5) is 13.2 Å². The van der Waals surface area contributed by atoms with Gasteiger partial charge < -0.3 is 19.1 Å². The molecule has 44 heavy (non-hydrogen) atoms. The van der Waals surface area contributed by atoms with Crippen LogP contribution in [0.2, 0.25) is 0 Å². The van der Waals surface area contributed by atoms with E-state index in [0.29, 0.717) is 29.2 Å². The van der Waals surface area contributed by atoms with Gasteiger partial charge in [0.2, 0.25) is 0 Å². The van der Waals surface area contributed by atoms with Gasteiger partial charge in [-0.2, -0.15) is 13.2 Å². The maximum absolute atomic E-state index is 13.4. The van der Waals surface area contributed by atoms with Crippen LogP contribution in [0, 0.1) is 23.7 Å². The molecule has 0 N–H and O–H groups in total. The van der Waals surface area contributed by atoms with Gasteiger partial charge in [-0.05, 0) is 80.5 Å². The summed E-state index contributed by atoms with van der Waals surface area (Å²) in [5.74, 6) is 6.96. The largest absolute Gasteiger partial charge is 0.493 e. The molecule has 1 spiro atoms. The van der Waals surface area contributed by atoms with Crippen molar-refractivity contribution in [2.75, 3.05) is 27.2 Å². The number of alkyl halides is 3. The van der Waals surface area contributed by atoms with Crippen molar-refractivity contribution in [3.8, 4) is 23.3 Å². The number of likely N-dealkylation sites (N-methyl/N-ethyl adjacent to an activating group) is 1. The fraction of sp³-hybridized carbons (Fsp3) is 0.529. The molecule has 7 nitrogen and oxygen atoms in total. The Hall–Kier alpha value is -3.71. The molecule has 1 amide bonds. The van der Waals surface area contributed by atoms with E-state index in [2.05, 4.69) is 22.8 Å². The minimum Gasteiger partial charge on any atom is -0.493 e. The topological polar surface area (TPSA) is 68.3 Å². The number of methoxy groups -OCH3 is 1. The van der Waals surface area contributed by atoms with Gasteiger partial charge in [-0.3, -0.25) is 14.5 Å². The molecule has 232 valence electrons. The van der Waals surface area contributed by atoms with E-state index in [1.807, 2.05) is 6.07 Å². The van der Waals surface area contributed by atoms with Gasteiger partial charge in [0.25, 0.3) is 5.91 Å². The average Bonchev–Trinajstić information content (AvgIpc) is 3.61. The quantitative estimate of drug-likeness (QED) is 0.366. The Morgan fingerprint density at radius 1 is 1.16 bits per heavy atom. The molecule has 2 aliphatic heterocycles. The zero-order chi connectivity index (χ0) is 31.0. The minimum atomic E-state index is -4.43.